The molecule has 0 radical (unpaired) electrons. The van der Waals surface area contributed by atoms with Gasteiger partial charge in [-0.1, -0.05) is 42.5 Å². The average Bonchev–Trinajstić information content (AvgIpc) is 2.61. The highest BCUT2D eigenvalue weighted by molar-refractivity contribution is 5.83. The number of carbonyl (C=O) groups excluding carboxylic acids is 2. The van der Waals surface area contributed by atoms with E-state index in [1.54, 1.807) is 14.0 Å². The van der Waals surface area contributed by atoms with Gasteiger partial charge in [0.2, 0.25) is 5.91 Å². The highest BCUT2D eigenvalue weighted by Crippen LogP contribution is 2.29. The standard InChI is InChI=1S/C20H23NO4/c1-4-25-20(23)18(21-14(2)22)13-15-9-11-16(12-10-15)17-7-5-6-8-19(17)24-3/h5-12,18H,4,13H2,1-3H3,(H,21,22)/t18-/m0/s1. The third-order valence-electron chi connectivity index (χ3n) is 3.76. The molecular formula is C20H23NO4. The van der Waals surface area contributed by atoms with E-state index in [0.717, 1.165) is 22.4 Å². The Hall–Kier alpha value is -2.82. The Balaban J connectivity index is 2.17. The van der Waals surface area contributed by atoms with Gasteiger partial charge in [0.25, 0.3) is 0 Å². The van der Waals surface area contributed by atoms with Gasteiger partial charge in [-0.15, -0.1) is 0 Å². The molecule has 0 aromatic heterocycles. The molecule has 0 saturated heterocycles. The number of hydrogen-bond donors (Lipinski definition) is 1. The molecule has 2 rings (SSSR count). The van der Waals surface area contributed by atoms with Gasteiger partial charge < -0.3 is 14.8 Å². The zero-order valence-electron chi connectivity index (χ0n) is 14.7. The summed E-state index contributed by atoms with van der Waals surface area (Å²) in [5.41, 5.74) is 2.96. The second kappa shape index (κ2) is 8.87. The molecule has 0 heterocycles. The fraction of sp³-hybridized carbons (Fsp3) is 0.300. The van der Waals surface area contributed by atoms with Crippen LogP contribution in [-0.4, -0.2) is 31.6 Å². The number of amides is 1. The number of hydrogen-bond acceptors (Lipinski definition) is 4. The van der Waals surface area contributed by atoms with Crippen molar-refractivity contribution in [1.82, 2.24) is 5.32 Å². The van der Waals surface area contributed by atoms with Crippen LogP contribution in [0.25, 0.3) is 11.1 Å². The fourth-order valence-electron chi connectivity index (χ4n) is 2.62. The first-order valence-electron chi connectivity index (χ1n) is 8.21. The van der Waals surface area contributed by atoms with Gasteiger partial charge in [-0.25, -0.2) is 4.79 Å². The van der Waals surface area contributed by atoms with Crippen LogP contribution in [0.5, 0.6) is 5.75 Å². The summed E-state index contributed by atoms with van der Waals surface area (Å²) in [7, 11) is 1.64. The highest BCUT2D eigenvalue weighted by atomic mass is 16.5. The maximum absolute atomic E-state index is 12.0. The van der Waals surface area contributed by atoms with Crippen molar-refractivity contribution in [1.29, 1.82) is 0 Å². The van der Waals surface area contributed by atoms with Crippen LogP contribution in [0.1, 0.15) is 19.4 Å². The quantitative estimate of drug-likeness (QED) is 0.787. The molecule has 25 heavy (non-hydrogen) atoms. The van der Waals surface area contributed by atoms with Crippen LogP contribution < -0.4 is 10.1 Å². The lowest BCUT2D eigenvalue weighted by molar-refractivity contribution is -0.147. The number of nitrogens with one attached hydrogen (secondary N) is 1. The van der Waals surface area contributed by atoms with Crippen molar-refractivity contribution in [2.75, 3.05) is 13.7 Å². The van der Waals surface area contributed by atoms with Crippen LogP contribution in [0.15, 0.2) is 48.5 Å². The molecule has 0 fully saturated rings. The number of esters is 1. The van der Waals surface area contributed by atoms with Crippen LogP contribution in [0.4, 0.5) is 0 Å². The second-order valence-electron chi connectivity index (χ2n) is 5.61. The third kappa shape index (κ3) is 5.08. The Morgan fingerprint density at radius 2 is 1.76 bits per heavy atom. The Morgan fingerprint density at radius 1 is 1.08 bits per heavy atom. The molecule has 0 bridgehead atoms. The molecule has 2 aromatic rings. The van der Waals surface area contributed by atoms with E-state index in [2.05, 4.69) is 5.32 Å². The molecule has 0 aliphatic carbocycles. The van der Waals surface area contributed by atoms with Crippen LogP contribution in [-0.2, 0) is 20.7 Å². The van der Waals surface area contributed by atoms with Crippen molar-refractivity contribution < 1.29 is 19.1 Å². The predicted octanol–water partition coefficient (Wildman–Crippen LogP) is 2.97. The normalized spacial score (nSPS) is 11.5. The first-order chi connectivity index (χ1) is 12.0. The first kappa shape index (κ1) is 18.5. The first-order valence-corrected chi connectivity index (χ1v) is 8.21. The van der Waals surface area contributed by atoms with Crippen LogP contribution in [0.2, 0.25) is 0 Å². The Bertz CT molecular complexity index is 725. The third-order valence-corrected chi connectivity index (χ3v) is 3.76. The number of ether oxygens (including phenoxy) is 2. The minimum absolute atomic E-state index is 0.260. The Labute approximate surface area is 148 Å². The zero-order chi connectivity index (χ0) is 18.2. The predicted molar refractivity (Wildman–Crippen MR) is 96.4 cm³/mol. The van der Waals surface area contributed by atoms with E-state index >= 15 is 0 Å². The molecule has 0 spiro atoms. The lowest BCUT2D eigenvalue weighted by Gasteiger charge is -2.16. The summed E-state index contributed by atoms with van der Waals surface area (Å²) >= 11 is 0. The van der Waals surface area contributed by atoms with Crippen molar-refractivity contribution in [3.63, 3.8) is 0 Å². The maximum Gasteiger partial charge on any atom is 0.328 e. The van der Waals surface area contributed by atoms with Crippen LogP contribution in [0.3, 0.4) is 0 Å². The zero-order valence-corrected chi connectivity index (χ0v) is 14.7. The van der Waals surface area contributed by atoms with Crippen LogP contribution >= 0.6 is 0 Å². The van der Waals surface area contributed by atoms with Gasteiger partial charge in [0, 0.05) is 18.9 Å². The van der Waals surface area contributed by atoms with E-state index in [0.29, 0.717) is 6.42 Å². The molecule has 5 nitrogen and oxygen atoms in total. The summed E-state index contributed by atoms with van der Waals surface area (Å²) in [5.74, 6) is 0.119. The summed E-state index contributed by atoms with van der Waals surface area (Å²) in [6, 6.07) is 14.9. The monoisotopic (exact) mass is 341 g/mol. The topological polar surface area (TPSA) is 64.6 Å². The van der Waals surface area contributed by atoms with Gasteiger partial charge in [-0.05, 0) is 24.1 Å². The van der Waals surface area contributed by atoms with Gasteiger partial charge in [-0.2, -0.15) is 0 Å². The molecular weight excluding hydrogens is 318 g/mol. The van der Waals surface area contributed by atoms with E-state index in [1.165, 1.54) is 6.92 Å². The Morgan fingerprint density at radius 3 is 2.36 bits per heavy atom. The molecule has 0 saturated carbocycles. The van der Waals surface area contributed by atoms with E-state index in [4.69, 9.17) is 9.47 Å². The average molecular weight is 341 g/mol. The van der Waals surface area contributed by atoms with Crippen molar-refractivity contribution in [3.05, 3.63) is 54.1 Å². The number of benzene rings is 2. The summed E-state index contributed by atoms with van der Waals surface area (Å²) in [6.07, 6.45) is 0.380. The largest absolute Gasteiger partial charge is 0.496 e. The van der Waals surface area contributed by atoms with Crippen molar-refractivity contribution >= 4 is 11.9 Å². The van der Waals surface area contributed by atoms with Gasteiger partial charge >= 0.3 is 5.97 Å². The molecule has 0 aliphatic heterocycles. The fourth-order valence-corrected chi connectivity index (χ4v) is 2.62. The smallest absolute Gasteiger partial charge is 0.328 e. The summed E-state index contributed by atoms with van der Waals surface area (Å²) < 4.78 is 10.4. The van der Waals surface area contributed by atoms with Gasteiger partial charge in [0.15, 0.2) is 0 Å². The molecule has 1 N–H and O–H groups in total. The molecule has 1 atom stereocenters. The minimum Gasteiger partial charge on any atom is -0.496 e. The van der Waals surface area contributed by atoms with E-state index < -0.39 is 12.0 Å². The maximum atomic E-state index is 12.0. The Kier molecular flexibility index (Phi) is 6.57. The van der Waals surface area contributed by atoms with Crippen molar-refractivity contribution in [3.8, 4) is 16.9 Å². The van der Waals surface area contributed by atoms with E-state index in [9.17, 15) is 9.59 Å². The van der Waals surface area contributed by atoms with Gasteiger partial charge in [-0.3, -0.25) is 4.79 Å². The van der Waals surface area contributed by atoms with Gasteiger partial charge in [0.1, 0.15) is 11.8 Å². The summed E-state index contributed by atoms with van der Waals surface area (Å²) in [4.78, 5) is 23.3. The van der Waals surface area contributed by atoms with E-state index in [1.807, 2.05) is 48.5 Å². The van der Waals surface area contributed by atoms with Gasteiger partial charge in [0.05, 0.1) is 13.7 Å². The number of carbonyl (C=O) groups is 2. The highest BCUT2D eigenvalue weighted by Gasteiger charge is 2.21. The number of methoxy groups -OCH3 is 1. The number of rotatable bonds is 7. The lowest BCUT2D eigenvalue weighted by atomic mass is 10.00. The SMILES string of the molecule is CCOC(=O)[C@H](Cc1ccc(-c2ccccc2OC)cc1)NC(C)=O. The lowest BCUT2D eigenvalue weighted by Crippen LogP contribution is -2.42. The van der Waals surface area contributed by atoms with E-state index in [-0.39, 0.29) is 12.5 Å². The molecule has 0 aliphatic rings. The molecule has 0 unspecified atom stereocenters. The van der Waals surface area contributed by atoms with Crippen LogP contribution in [0, 0.1) is 0 Å². The van der Waals surface area contributed by atoms with Crippen molar-refractivity contribution in [2.24, 2.45) is 0 Å². The molecule has 5 heteroatoms. The summed E-state index contributed by atoms with van der Waals surface area (Å²) in [6.45, 7) is 3.41. The molecule has 2 aromatic carbocycles. The minimum atomic E-state index is -0.686. The molecule has 1 amide bonds. The van der Waals surface area contributed by atoms with Crippen molar-refractivity contribution in [2.45, 2.75) is 26.3 Å². The number of para-hydroxylation sites is 1. The molecule has 132 valence electrons. The second-order valence-corrected chi connectivity index (χ2v) is 5.61. The summed E-state index contributed by atoms with van der Waals surface area (Å²) in [5, 5.41) is 2.64.